The van der Waals surface area contributed by atoms with Gasteiger partial charge in [-0.25, -0.2) is 15.0 Å². The average Bonchev–Trinajstić information content (AvgIpc) is 2.55. The molecule has 0 aromatic carbocycles. The smallest absolute Gasteiger partial charge is 0.232 e. The highest BCUT2D eigenvalue weighted by Gasteiger charge is 2.22. The van der Waals surface area contributed by atoms with Crippen molar-refractivity contribution in [2.75, 3.05) is 24.6 Å². The van der Waals surface area contributed by atoms with Gasteiger partial charge in [-0.15, -0.1) is 0 Å². The molecular weight excluding hydrogens is 290 g/mol. The minimum atomic E-state index is 0.431. The van der Waals surface area contributed by atoms with Crippen LogP contribution in [0.5, 0.6) is 5.88 Å². The molecule has 0 bridgehead atoms. The van der Waals surface area contributed by atoms with E-state index in [1.165, 1.54) is 0 Å². The molecule has 1 aliphatic rings. The number of ether oxygens (including phenoxy) is 1. The third-order valence-electron chi connectivity index (χ3n) is 3.41. The Bertz CT molecular complexity index is 565. The van der Waals surface area contributed by atoms with Gasteiger partial charge in [-0.3, -0.25) is 4.98 Å². The van der Waals surface area contributed by atoms with Crippen LogP contribution in [0.1, 0.15) is 12.8 Å². The summed E-state index contributed by atoms with van der Waals surface area (Å²) in [6.07, 6.45) is 10.4. The van der Waals surface area contributed by atoms with Gasteiger partial charge in [-0.2, -0.15) is 0 Å². The van der Waals surface area contributed by atoms with Gasteiger partial charge >= 0.3 is 0 Å². The first kappa shape index (κ1) is 14.0. The van der Waals surface area contributed by atoms with Gasteiger partial charge in [0.1, 0.15) is 0 Å². The molecule has 0 radical (unpaired) electrons. The predicted octanol–water partition coefficient (Wildman–Crippen LogP) is 2.22. The number of nitrogens with zero attached hydrogens (tertiary/aromatic N) is 5. The van der Waals surface area contributed by atoms with E-state index < -0.39 is 0 Å². The van der Waals surface area contributed by atoms with Crippen LogP contribution in [0.3, 0.4) is 0 Å². The zero-order valence-corrected chi connectivity index (χ0v) is 12.3. The third-order valence-corrected chi connectivity index (χ3v) is 3.61. The van der Waals surface area contributed by atoms with E-state index in [2.05, 4.69) is 24.8 Å². The maximum Gasteiger partial charge on any atom is 0.232 e. The maximum absolute atomic E-state index is 5.82. The highest BCUT2D eigenvalue weighted by molar-refractivity contribution is 6.30. The molecule has 3 rings (SSSR count). The van der Waals surface area contributed by atoms with Crippen LogP contribution < -0.4 is 9.64 Å². The lowest BCUT2D eigenvalue weighted by atomic mass is 9.99. The van der Waals surface area contributed by atoms with E-state index in [-0.39, 0.29) is 0 Å². The lowest BCUT2D eigenvalue weighted by molar-refractivity contribution is 0.220. The van der Waals surface area contributed by atoms with Crippen LogP contribution in [0.4, 0.5) is 5.95 Å². The molecule has 0 amide bonds. The van der Waals surface area contributed by atoms with Crippen molar-refractivity contribution >= 4 is 17.5 Å². The Hall–Kier alpha value is -1.95. The second-order valence-electron chi connectivity index (χ2n) is 5.01. The second kappa shape index (κ2) is 6.67. The minimum Gasteiger partial charge on any atom is -0.476 e. The van der Waals surface area contributed by atoms with Crippen molar-refractivity contribution in [3.63, 3.8) is 0 Å². The van der Waals surface area contributed by atoms with Crippen LogP contribution in [0.25, 0.3) is 0 Å². The lowest BCUT2D eigenvalue weighted by Crippen LogP contribution is -2.38. The molecule has 1 aliphatic heterocycles. The van der Waals surface area contributed by atoms with Gasteiger partial charge in [0.15, 0.2) is 0 Å². The van der Waals surface area contributed by atoms with E-state index in [9.17, 15) is 0 Å². The summed E-state index contributed by atoms with van der Waals surface area (Å²) in [4.78, 5) is 18.8. The Morgan fingerprint density at radius 2 is 2.05 bits per heavy atom. The molecule has 110 valence electrons. The number of anilines is 1. The molecule has 1 fully saturated rings. The van der Waals surface area contributed by atoms with Crippen LogP contribution >= 0.6 is 11.6 Å². The van der Waals surface area contributed by atoms with Gasteiger partial charge in [0, 0.05) is 31.4 Å². The highest BCUT2D eigenvalue weighted by Crippen LogP contribution is 2.21. The molecule has 1 saturated heterocycles. The largest absolute Gasteiger partial charge is 0.476 e. The number of aromatic nitrogens is 4. The molecule has 0 spiro atoms. The summed E-state index contributed by atoms with van der Waals surface area (Å²) >= 11 is 5.82. The van der Waals surface area contributed by atoms with Crippen LogP contribution in [0.2, 0.25) is 5.02 Å². The van der Waals surface area contributed by atoms with Gasteiger partial charge < -0.3 is 9.64 Å². The minimum absolute atomic E-state index is 0.431. The standard InChI is InChI=1S/C14H16ClN5O/c15-12-6-18-14(19-7-12)20-5-1-2-11(9-20)10-21-13-8-16-3-4-17-13/h3-4,6-8,11H,1-2,5,9-10H2. The first-order chi connectivity index (χ1) is 10.3. The fraction of sp³-hybridized carbons (Fsp3) is 0.429. The summed E-state index contributed by atoms with van der Waals surface area (Å²) < 4.78 is 5.69. The summed E-state index contributed by atoms with van der Waals surface area (Å²) in [5, 5.41) is 0.554. The molecule has 6 nitrogen and oxygen atoms in total. The number of piperidine rings is 1. The van der Waals surface area contributed by atoms with Crippen molar-refractivity contribution in [2.24, 2.45) is 5.92 Å². The van der Waals surface area contributed by atoms with Crippen molar-refractivity contribution in [3.8, 4) is 5.88 Å². The number of rotatable bonds is 4. The van der Waals surface area contributed by atoms with Gasteiger partial charge in [0.05, 0.1) is 30.2 Å². The summed E-state index contributed by atoms with van der Waals surface area (Å²) in [5.74, 6) is 1.72. The number of hydrogen-bond acceptors (Lipinski definition) is 6. The normalized spacial score (nSPS) is 18.5. The van der Waals surface area contributed by atoms with E-state index in [0.29, 0.717) is 23.4 Å². The topological polar surface area (TPSA) is 64.0 Å². The van der Waals surface area contributed by atoms with E-state index >= 15 is 0 Å². The van der Waals surface area contributed by atoms with Crippen LogP contribution in [-0.4, -0.2) is 39.6 Å². The molecule has 21 heavy (non-hydrogen) atoms. The van der Waals surface area contributed by atoms with Gasteiger partial charge in [0.25, 0.3) is 0 Å². The van der Waals surface area contributed by atoms with Crippen LogP contribution in [0, 0.1) is 5.92 Å². The number of hydrogen-bond donors (Lipinski definition) is 0. The van der Waals surface area contributed by atoms with E-state index in [4.69, 9.17) is 16.3 Å². The van der Waals surface area contributed by atoms with Gasteiger partial charge in [-0.1, -0.05) is 11.6 Å². The third kappa shape index (κ3) is 3.78. The summed E-state index contributed by atoms with van der Waals surface area (Å²) in [5.41, 5.74) is 0. The molecule has 7 heteroatoms. The SMILES string of the molecule is Clc1cnc(N2CCCC(COc3cnccn3)C2)nc1. The molecule has 2 aromatic rings. The van der Waals surface area contributed by atoms with Crippen molar-refractivity contribution in [1.29, 1.82) is 0 Å². The first-order valence-electron chi connectivity index (χ1n) is 6.92. The molecule has 1 atom stereocenters. The fourth-order valence-electron chi connectivity index (χ4n) is 2.41. The Morgan fingerprint density at radius 3 is 2.81 bits per heavy atom. The van der Waals surface area contributed by atoms with Crippen molar-refractivity contribution < 1.29 is 4.74 Å². The Morgan fingerprint density at radius 1 is 1.19 bits per heavy atom. The van der Waals surface area contributed by atoms with Gasteiger partial charge in [-0.05, 0) is 12.8 Å². The Kier molecular flexibility index (Phi) is 4.45. The zero-order valence-electron chi connectivity index (χ0n) is 11.5. The van der Waals surface area contributed by atoms with E-state index in [1.807, 2.05) is 0 Å². The highest BCUT2D eigenvalue weighted by atomic mass is 35.5. The number of halogens is 1. The second-order valence-corrected chi connectivity index (χ2v) is 5.45. The van der Waals surface area contributed by atoms with Crippen molar-refractivity contribution in [1.82, 2.24) is 19.9 Å². The quantitative estimate of drug-likeness (QED) is 0.863. The molecule has 2 aromatic heterocycles. The molecule has 0 aliphatic carbocycles. The van der Waals surface area contributed by atoms with Crippen LogP contribution in [0.15, 0.2) is 31.0 Å². The van der Waals surface area contributed by atoms with Crippen molar-refractivity contribution in [3.05, 3.63) is 36.0 Å². The average molecular weight is 306 g/mol. The fourth-order valence-corrected chi connectivity index (χ4v) is 2.51. The maximum atomic E-state index is 5.82. The van der Waals surface area contributed by atoms with E-state index in [0.717, 1.165) is 31.9 Å². The molecule has 0 N–H and O–H groups in total. The monoisotopic (exact) mass is 305 g/mol. The lowest BCUT2D eigenvalue weighted by Gasteiger charge is -2.32. The van der Waals surface area contributed by atoms with Crippen LogP contribution in [-0.2, 0) is 0 Å². The summed E-state index contributed by atoms with van der Waals surface area (Å²) in [7, 11) is 0. The summed E-state index contributed by atoms with van der Waals surface area (Å²) in [6.45, 7) is 2.47. The predicted molar refractivity (Wildman–Crippen MR) is 79.5 cm³/mol. The summed E-state index contributed by atoms with van der Waals surface area (Å²) in [6, 6.07) is 0. The van der Waals surface area contributed by atoms with Crippen molar-refractivity contribution in [2.45, 2.75) is 12.8 Å². The Labute approximate surface area is 128 Å². The molecular formula is C14H16ClN5O. The van der Waals surface area contributed by atoms with Gasteiger partial charge in [0.2, 0.25) is 11.8 Å². The molecule has 3 heterocycles. The molecule has 1 unspecified atom stereocenters. The Balaban J connectivity index is 1.57. The molecule has 0 saturated carbocycles. The first-order valence-corrected chi connectivity index (χ1v) is 7.30. The van der Waals surface area contributed by atoms with E-state index in [1.54, 1.807) is 31.0 Å². The zero-order chi connectivity index (χ0) is 14.5.